The highest BCUT2D eigenvalue weighted by molar-refractivity contribution is 5.17. The summed E-state index contributed by atoms with van der Waals surface area (Å²) in [4.78, 5) is 0. The third kappa shape index (κ3) is 1.67. The van der Waals surface area contributed by atoms with E-state index >= 15 is 0 Å². The molecule has 1 saturated heterocycles. The van der Waals surface area contributed by atoms with Gasteiger partial charge in [-0.1, -0.05) is 37.3 Å². The maximum absolute atomic E-state index is 5.41. The number of hydrogen-bond acceptors (Lipinski definition) is 1. The zero-order valence-corrected chi connectivity index (χ0v) is 7.07. The van der Waals surface area contributed by atoms with E-state index in [2.05, 4.69) is 31.2 Å². The van der Waals surface area contributed by atoms with Crippen LogP contribution in [-0.4, -0.2) is 12.2 Å². The fourth-order valence-corrected chi connectivity index (χ4v) is 1.46. The molecule has 0 spiro atoms. The number of rotatable bonds is 3. The normalized spacial score (nSPS) is 27.1. The Morgan fingerprint density at radius 2 is 1.92 bits per heavy atom. The van der Waals surface area contributed by atoms with Gasteiger partial charge in [-0.25, -0.2) is 0 Å². The van der Waals surface area contributed by atoms with Gasteiger partial charge in [0.05, 0.1) is 12.2 Å². The van der Waals surface area contributed by atoms with Crippen LogP contribution in [0.2, 0.25) is 0 Å². The topological polar surface area (TPSA) is 12.5 Å². The molecule has 2 rings (SSSR count). The summed E-state index contributed by atoms with van der Waals surface area (Å²) in [6, 6.07) is 10.5. The van der Waals surface area contributed by atoms with Crippen LogP contribution in [0, 0.1) is 6.92 Å². The van der Waals surface area contributed by atoms with Gasteiger partial charge in [-0.3, -0.25) is 0 Å². The van der Waals surface area contributed by atoms with Crippen molar-refractivity contribution >= 4 is 0 Å². The molecule has 0 aliphatic carbocycles. The van der Waals surface area contributed by atoms with E-state index in [9.17, 15) is 0 Å². The van der Waals surface area contributed by atoms with E-state index in [1.54, 1.807) is 0 Å². The zero-order chi connectivity index (χ0) is 8.39. The number of ether oxygens (including phenoxy) is 1. The summed E-state index contributed by atoms with van der Waals surface area (Å²) in [6.45, 7) is 3.81. The Kier molecular flexibility index (Phi) is 2.13. The third-order valence-corrected chi connectivity index (χ3v) is 2.25. The lowest BCUT2D eigenvalue weighted by Crippen LogP contribution is -1.96. The van der Waals surface area contributed by atoms with E-state index in [1.807, 2.05) is 6.07 Å². The molecule has 1 nitrogen and oxygen atoms in total. The summed E-state index contributed by atoms with van der Waals surface area (Å²) in [6.07, 6.45) is 2.80. The van der Waals surface area contributed by atoms with E-state index in [4.69, 9.17) is 4.74 Å². The second-order valence-electron chi connectivity index (χ2n) is 3.19. The second kappa shape index (κ2) is 3.28. The molecular weight excluding hydrogens is 148 g/mol. The molecule has 1 aliphatic rings. The van der Waals surface area contributed by atoms with Crippen molar-refractivity contribution < 1.29 is 4.74 Å². The lowest BCUT2D eigenvalue weighted by atomic mass is 10.1. The predicted octanol–water partition coefficient (Wildman–Crippen LogP) is 2.22. The van der Waals surface area contributed by atoms with E-state index in [0.29, 0.717) is 12.2 Å². The van der Waals surface area contributed by atoms with Crippen LogP contribution in [0.1, 0.15) is 12.0 Å². The molecule has 0 N–H and O–H groups in total. The first-order valence-electron chi connectivity index (χ1n) is 4.39. The number of benzene rings is 1. The summed E-state index contributed by atoms with van der Waals surface area (Å²) in [7, 11) is 0. The van der Waals surface area contributed by atoms with Crippen LogP contribution in [-0.2, 0) is 11.2 Å². The highest BCUT2D eigenvalue weighted by atomic mass is 16.6. The molecule has 0 aromatic heterocycles. The van der Waals surface area contributed by atoms with Gasteiger partial charge in [0.25, 0.3) is 0 Å². The van der Waals surface area contributed by atoms with E-state index in [0.717, 1.165) is 12.8 Å². The molecule has 0 amide bonds. The van der Waals surface area contributed by atoms with E-state index in [-0.39, 0.29) is 0 Å². The lowest BCUT2D eigenvalue weighted by Gasteiger charge is -1.95. The van der Waals surface area contributed by atoms with Crippen molar-refractivity contribution in [2.45, 2.75) is 25.0 Å². The van der Waals surface area contributed by atoms with Gasteiger partial charge in [0, 0.05) is 6.42 Å². The molecule has 1 aliphatic heterocycles. The van der Waals surface area contributed by atoms with Gasteiger partial charge in [-0.15, -0.1) is 0 Å². The molecule has 1 radical (unpaired) electrons. The number of hydrogen-bond donors (Lipinski definition) is 0. The van der Waals surface area contributed by atoms with Gasteiger partial charge in [-0.2, -0.15) is 0 Å². The Bertz CT molecular complexity index is 242. The second-order valence-corrected chi connectivity index (χ2v) is 3.19. The van der Waals surface area contributed by atoms with Crippen molar-refractivity contribution in [2.75, 3.05) is 0 Å². The van der Waals surface area contributed by atoms with Crippen LogP contribution in [0.4, 0.5) is 0 Å². The standard InChI is InChI=1S/C11H13O/c1-2-10-11(12-10)8-9-6-4-3-5-7-9/h3-7,10-11H,1-2,8H2. The summed E-state index contributed by atoms with van der Waals surface area (Å²) < 4.78 is 5.41. The van der Waals surface area contributed by atoms with E-state index < -0.39 is 0 Å². The first kappa shape index (κ1) is 7.81. The molecular formula is C11H13O. The molecule has 2 atom stereocenters. The van der Waals surface area contributed by atoms with Gasteiger partial charge in [-0.05, 0) is 12.0 Å². The summed E-state index contributed by atoms with van der Waals surface area (Å²) in [5.74, 6) is 0. The maximum Gasteiger partial charge on any atom is 0.0882 e. The van der Waals surface area contributed by atoms with Crippen molar-refractivity contribution in [3.8, 4) is 0 Å². The molecule has 12 heavy (non-hydrogen) atoms. The average Bonchev–Trinajstić information content (AvgIpc) is 2.85. The smallest absolute Gasteiger partial charge is 0.0882 e. The average molecular weight is 161 g/mol. The van der Waals surface area contributed by atoms with Crippen LogP contribution < -0.4 is 0 Å². The minimum Gasteiger partial charge on any atom is -0.369 e. The van der Waals surface area contributed by atoms with E-state index in [1.165, 1.54) is 5.56 Å². The van der Waals surface area contributed by atoms with Crippen LogP contribution in [0.25, 0.3) is 0 Å². The Labute approximate surface area is 73.4 Å². The monoisotopic (exact) mass is 161 g/mol. The molecule has 1 heterocycles. The van der Waals surface area contributed by atoms with Gasteiger partial charge in [0.2, 0.25) is 0 Å². The Hall–Kier alpha value is -0.820. The highest BCUT2D eigenvalue weighted by Gasteiger charge is 2.36. The predicted molar refractivity (Wildman–Crippen MR) is 48.8 cm³/mol. The Morgan fingerprint density at radius 1 is 1.17 bits per heavy atom. The molecule has 0 saturated carbocycles. The molecule has 2 unspecified atom stereocenters. The minimum absolute atomic E-state index is 0.421. The molecule has 63 valence electrons. The Morgan fingerprint density at radius 3 is 2.50 bits per heavy atom. The molecule has 1 fully saturated rings. The fraction of sp³-hybridized carbons (Fsp3) is 0.364. The van der Waals surface area contributed by atoms with Crippen LogP contribution in [0.3, 0.4) is 0 Å². The van der Waals surface area contributed by atoms with Crippen molar-refractivity contribution in [1.82, 2.24) is 0 Å². The fourth-order valence-electron chi connectivity index (χ4n) is 1.46. The molecule has 1 aromatic rings. The summed E-state index contributed by atoms with van der Waals surface area (Å²) in [5, 5.41) is 0. The van der Waals surface area contributed by atoms with Gasteiger partial charge in [0.15, 0.2) is 0 Å². The minimum atomic E-state index is 0.421. The quantitative estimate of drug-likeness (QED) is 0.619. The van der Waals surface area contributed by atoms with Crippen molar-refractivity contribution in [2.24, 2.45) is 0 Å². The van der Waals surface area contributed by atoms with Gasteiger partial charge < -0.3 is 4.74 Å². The van der Waals surface area contributed by atoms with Crippen molar-refractivity contribution in [1.29, 1.82) is 0 Å². The maximum atomic E-state index is 5.41. The van der Waals surface area contributed by atoms with Crippen LogP contribution in [0.15, 0.2) is 30.3 Å². The SMILES string of the molecule is [CH2]CC1OC1Cc1ccccc1. The highest BCUT2D eigenvalue weighted by Crippen LogP contribution is 2.27. The van der Waals surface area contributed by atoms with Crippen molar-refractivity contribution in [3.05, 3.63) is 42.8 Å². The molecule has 0 bridgehead atoms. The van der Waals surface area contributed by atoms with Crippen molar-refractivity contribution in [3.63, 3.8) is 0 Å². The third-order valence-electron chi connectivity index (χ3n) is 2.25. The molecule has 1 aromatic carbocycles. The van der Waals surface area contributed by atoms with Crippen LogP contribution in [0.5, 0.6) is 0 Å². The lowest BCUT2D eigenvalue weighted by molar-refractivity contribution is 0.370. The molecule has 1 heteroatoms. The van der Waals surface area contributed by atoms with Gasteiger partial charge in [0.1, 0.15) is 0 Å². The zero-order valence-electron chi connectivity index (χ0n) is 7.07. The summed E-state index contributed by atoms with van der Waals surface area (Å²) >= 11 is 0. The van der Waals surface area contributed by atoms with Crippen LogP contribution >= 0.6 is 0 Å². The van der Waals surface area contributed by atoms with Gasteiger partial charge >= 0.3 is 0 Å². The largest absolute Gasteiger partial charge is 0.369 e. The Balaban J connectivity index is 1.89. The first-order valence-corrected chi connectivity index (χ1v) is 4.39. The summed E-state index contributed by atoms with van der Waals surface area (Å²) in [5.41, 5.74) is 1.36. The number of epoxide rings is 1. The first-order chi connectivity index (χ1) is 5.90.